The topological polar surface area (TPSA) is 88.6 Å². The maximum absolute atomic E-state index is 10.3. The minimum absolute atomic E-state index is 0.00333. The minimum Gasteiger partial charge on any atom is -0.507 e. The van der Waals surface area contributed by atoms with Crippen LogP contribution >= 0.6 is 0 Å². The summed E-state index contributed by atoms with van der Waals surface area (Å²) in [4.78, 5) is 0. The summed E-state index contributed by atoms with van der Waals surface area (Å²) in [7, 11) is 3.02. The largest absolute Gasteiger partial charge is 0.507 e. The molecule has 2 rings (SSSR count). The second-order valence-corrected chi connectivity index (χ2v) is 4.53. The summed E-state index contributed by atoms with van der Waals surface area (Å²) in [5.41, 5.74) is 8.02. The lowest BCUT2D eigenvalue weighted by molar-refractivity contribution is 0.386. The maximum atomic E-state index is 10.3. The van der Waals surface area contributed by atoms with E-state index in [9.17, 15) is 5.11 Å². The molecule has 0 bridgehead atoms. The van der Waals surface area contributed by atoms with Crippen molar-refractivity contribution in [2.75, 3.05) is 14.2 Å². The van der Waals surface area contributed by atoms with Crippen LogP contribution in [0, 0.1) is 18.4 Å². The highest BCUT2D eigenvalue weighted by atomic mass is 16.5. The van der Waals surface area contributed by atoms with E-state index in [1.165, 1.54) is 20.3 Å². The molecular weight excluding hydrogens is 268 g/mol. The van der Waals surface area contributed by atoms with Gasteiger partial charge in [0, 0.05) is 23.3 Å². The Labute approximate surface area is 123 Å². The van der Waals surface area contributed by atoms with Crippen molar-refractivity contribution >= 4 is 5.84 Å². The van der Waals surface area contributed by atoms with E-state index in [4.69, 9.17) is 20.6 Å². The number of aromatic hydroxyl groups is 1. The molecule has 2 aromatic carbocycles. The first kappa shape index (κ1) is 14.7. The predicted molar refractivity (Wildman–Crippen MR) is 81.2 cm³/mol. The second-order valence-electron chi connectivity index (χ2n) is 4.53. The molecule has 0 aliphatic rings. The number of nitrogens with two attached hydrogens (primary N) is 1. The monoisotopic (exact) mass is 285 g/mol. The zero-order chi connectivity index (χ0) is 15.6. The summed E-state index contributed by atoms with van der Waals surface area (Å²) in [6.45, 7) is 1.84. The smallest absolute Gasteiger partial charge is 0.134 e. The number of methoxy groups -OCH3 is 2. The molecule has 21 heavy (non-hydrogen) atoms. The van der Waals surface area contributed by atoms with Gasteiger partial charge in [-0.3, -0.25) is 5.41 Å². The van der Waals surface area contributed by atoms with Crippen molar-refractivity contribution in [2.45, 2.75) is 6.92 Å². The van der Waals surface area contributed by atoms with Crippen LogP contribution in [0.25, 0.3) is 11.1 Å². The molecule has 0 aliphatic heterocycles. The first-order chi connectivity index (χ1) is 9.99. The SMILES string of the molecule is COc1cc(O)c(-c2c(C)[c]ccc2C(=N)N)c(OC)c1. The number of nitrogens with one attached hydrogen (secondary N) is 1. The van der Waals surface area contributed by atoms with Crippen molar-refractivity contribution in [2.24, 2.45) is 5.73 Å². The number of amidine groups is 1. The van der Waals surface area contributed by atoms with Crippen molar-refractivity contribution in [3.63, 3.8) is 0 Å². The molecule has 0 fully saturated rings. The highest BCUT2D eigenvalue weighted by molar-refractivity contribution is 6.03. The molecule has 0 saturated heterocycles. The van der Waals surface area contributed by atoms with Gasteiger partial charge in [-0.25, -0.2) is 0 Å². The van der Waals surface area contributed by atoms with Gasteiger partial charge >= 0.3 is 0 Å². The van der Waals surface area contributed by atoms with Gasteiger partial charge in [-0.05, 0) is 18.6 Å². The highest BCUT2D eigenvalue weighted by Crippen LogP contribution is 2.43. The fraction of sp³-hybridized carbons (Fsp3) is 0.188. The molecule has 0 aromatic heterocycles. The molecule has 1 radical (unpaired) electrons. The summed E-state index contributed by atoms with van der Waals surface area (Å²) in [5.74, 6) is 0.836. The van der Waals surface area contributed by atoms with Crippen LogP contribution < -0.4 is 15.2 Å². The van der Waals surface area contributed by atoms with Gasteiger partial charge in [0.25, 0.3) is 0 Å². The molecule has 0 atom stereocenters. The number of phenols is 1. The number of aryl methyl sites for hydroxylation is 1. The Balaban J connectivity index is 2.81. The first-order valence-corrected chi connectivity index (χ1v) is 6.30. The van der Waals surface area contributed by atoms with E-state index >= 15 is 0 Å². The van der Waals surface area contributed by atoms with Gasteiger partial charge < -0.3 is 20.3 Å². The Morgan fingerprint density at radius 1 is 1.24 bits per heavy atom. The normalized spacial score (nSPS) is 10.2. The van der Waals surface area contributed by atoms with Crippen molar-refractivity contribution in [3.8, 4) is 28.4 Å². The quantitative estimate of drug-likeness (QED) is 0.594. The van der Waals surface area contributed by atoms with Crippen molar-refractivity contribution in [1.82, 2.24) is 0 Å². The molecule has 0 amide bonds. The fourth-order valence-corrected chi connectivity index (χ4v) is 2.26. The van der Waals surface area contributed by atoms with E-state index in [-0.39, 0.29) is 11.6 Å². The standard InChI is InChI=1S/C16H17N2O3/c1-9-5-4-6-11(16(17)18)14(9)15-12(19)7-10(20-2)8-13(15)21-3/h4,6-8,19H,1-3H3,(H3,17,18). The van der Waals surface area contributed by atoms with Gasteiger partial charge in [0.2, 0.25) is 0 Å². The Hall–Kier alpha value is -2.69. The zero-order valence-corrected chi connectivity index (χ0v) is 12.2. The molecule has 5 heteroatoms. The van der Waals surface area contributed by atoms with Crippen molar-refractivity contribution < 1.29 is 14.6 Å². The first-order valence-electron chi connectivity index (χ1n) is 6.30. The number of rotatable bonds is 4. The summed E-state index contributed by atoms with van der Waals surface area (Å²) in [6.07, 6.45) is 0. The van der Waals surface area contributed by atoms with Crippen LogP contribution in [0.5, 0.6) is 17.2 Å². The lowest BCUT2D eigenvalue weighted by Gasteiger charge is -2.17. The lowest BCUT2D eigenvalue weighted by Crippen LogP contribution is -2.13. The number of hydrogen-bond donors (Lipinski definition) is 3. The molecule has 0 saturated carbocycles. The van der Waals surface area contributed by atoms with Crippen LogP contribution in [0.1, 0.15) is 11.1 Å². The van der Waals surface area contributed by atoms with Crippen molar-refractivity contribution in [3.05, 3.63) is 41.5 Å². The van der Waals surface area contributed by atoms with Gasteiger partial charge in [-0.2, -0.15) is 0 Å². The summed E-state index contributed by atoms with van der Waals surface area (Å²) >= 11 is 0. The Morgan fingerprint density at radius 2 is 1.95 bits per heavy atom. The average molecular weight is 285 g/mol. The third-order valence-electron chi connectivity index (χ3n) is 3.24. The van der Waals surface area contributed by atoms with Crippen LogP contribution in [0.15, 0.2) is 24.3 Å². The Kier molecular flexibility index (Phi) is 4.03. The highest BCUT2D eigenvalue weighted by Gasteiger charge is 2.19. The van der Waals surface area contributed by atoms with Gasteiger partial charge in [-0.15, -0.1) is 0 Å². The van der Waals surface area contributed by atoms with Gasteiger partial charge in [-0.1, -0.05) is 12.1 Å². The van der Waals surface area contributed by atoms with Crippen LogP contribution in [0.2, 0.25) is 0 Å². The number of ether oxygens (including phenoxy) is 2. The minimum atomic E-state index is -0.0839. The molecule has 0 unspecified atom stereocenters. The zero-order valence-electron chi connectivity index (χ0n) is 12.2. The maximum Gasteiger partial charge on any atom is 0.134 e. The number of phenolic OH excluding ortho intramolecular Hbond substituents is 1. The van der Waals surface area contributed by atoms with Gasteiger partial charge in [0.15, 0.2) is 0 Å². The van der Waals surface area contributed by atoms with E-state index in [0.29, 0.717) is 28.2 Å². The van der Waals surface area contributed by atoms with Gasteiger partial charge in [0.05, 0.1) is 19.8 Å². The van der Waals surface area contributed by atoms with E-state index in [2.05, 4.69) is 6.07 Å². The molecule has 109 valence electrons. The molecule has 0 spiro atoms. The summed E-state index contributed by atoms with van der Waals surface area (Å²) in [6, 6.07) is 9.60. The fourth-order valence-electron chi connectivity index (χ4n) is 2.26. The Morgan fingerprint density at radius 3 is 2.52 bits per heavy atom. The molecule has 2 aromatic rings. The van der Waals surface area contributed by atoms with Crippen LogP contribution in [-0.4, -0.2) is 25.2 Å². The van der Waals surface area contributed by atoms with Crippen LogP contribution in [0.4, 0.5) is 0 Å². The average Bonchev–Trinajstić information content (AvgIpc) is 2.46. The lowest BCUT2D eigenvalue weighted by atomic mass is 9.93. The molecule has 0 heterocycles. The third kappa shape index (κ3) is 2.63. The number of hydrogen-bond acceptors (Lipinski definition) is 4. The molecular formula is C16H17N2O3. The molecule has 0 aliphatic carbocycles. The third-order valence-corrected chi connectivity index (χ3v) is 3.24. The van der Waals surface area contributed by atoms with Crippen molar-refractivity contribution in [1.29, 1.82) is 5.41 Å². The van der Waals surface area contributed by atoms with Crippen LogP contribution in [-0.2, 0) is 0 Å². The summed E-state index contributed by atoms with van der Waals surface area (Å²) < 4.78 is 10.5. The number of benzene rings is 2. The Bertz CT molecular complexity index is 696. The van der Waals surface area contributed by atoms with E-state index in [1.54, 1.807) is 18.2 Å². The molecule has 4 N–H and O–H groups in total. The number of nitrogen functional groups attached to an aromatic ring is 1. The van der Waals surface area contributed by atoms with Gasteiger partial charge in [0.1, 0.15) is 23.1 Å². The van der Waals surface area contributed by atoms with E-state index in [1.807, 2.05) is 6.92 Å². The molecule has 5 nitrogen and oxygen atoms in total. The van der Waals surface area contributed by atoms with E-state index in [0.717, 1.165) is 5.56 Å². The predicted octanol–water partition coefficient (Wildman–Crippen LogP) is 2.47. The van der Waals surface area contributed by atoms with E-state index < -0.39 is 0 Å². The summed E-state index contributed by atoms with van der Waals surface area (Å²) in [5, 5.41) is 18.0. The van der Waals surface area contributed by atoms with Crippen LogP contribution in [0.3, 0.4) is 0 Å². The second kappa shape index (κ2) is 5.75.